The third kappa shape index (κ3) is 12.8. The number of hydrogen-bond acceptors (Lipinski definition) is 2. The largest absolute Gasteiger partial charge is 0.462 e. The van der Waals surface area contributed by atoms with Gasteiger partial charge in [0.15, 0.2) is 0 Å². The van der Waals surface area contributed by atoms with Crippen molar-refractivity contribution >= 4 is 5.97 Å². The van der Waals surface area contributed by atoms with E-state index >= 15 is 0 Å². The van der Waals surface area contributed by atoms with Gasteiger partial charge in [-0.1, -0.05) is 69.2 Å². The molecule has 0 spiro atoms. The number of ether oxygens (including phenoxy) is 1. The minimum absolute atomic E-state index is 0.0128. The summed E-state index contributed by atoms with van der Waals surface area (Å²) in [4.78, 5) is 12.9. The van der Waals surface area contributed by atoms with E-state index in [1.807, 2.05) is 6.92 Å². The fourth-order valence-corrected chi connectivity index (χ4v) is 4.35. The highest BCUT2D eigenvalue weighted by molar-refractivity contribution is 5.73. The average molecular weight is 369 g/mol. The highest BCUT2D eigenvalue weighted by Gasteiger charge is 2.31. The fraction of sp³-hybridized carbons (Fsp3) is 0.958. The molecular weight excluding hydrogens is 320 g/mol. The molecule has 0 aromatic carbocycles. The summed E-state index contributed by atoms with van der Waals surface area (Å²) in [6.07, 6.45) is 5.25. The summed E-state index contributed by atoms with van der Waals surface area (Å²) >= 11 is 0. The van der Waals surface area contributed by atoms with Crippen LogP contribution in [0.4, 0.5) is 0 Å². The van der Waals surface area contributed by atoms with Crippen LogP contribution in [0.1, 0.15) is 108 Å². The summed E-state index contributed by atoms with van der Waals surface area (Å²) in [5.41, 5.74) is 0.580. The lowest BCUT2D eigenvalue weighted by molar-refractivity contribution is -0.156. The first-order valence-corrected chi connectivity index (χ1v) is 10.8. The van der Waals surface area contributed by atoms with Gasteiger partial charge in [0, 0.05) is 0 Å². The molecule has 2 nitrogen and oxygen atoms in total. The van der Waals surface area contributed by atoms with E-state index in [0.29, 0.717) is 23.2 Å². The molecule has 2 heteroatoms. The highest BCUT2D eigenvalue weighted by atomic mass is 16.5. The summed E-state index contributed by atoms with van der Waals surface area (Å²) in [7, 11) is 0. The summed E-state index contributed by atoms with van der Waals surface area (Å²) in [5, 5.41) is 0. The molecule has 26 heavy (non-hydrogen) atoms. The minimum atomic E-state index is 0.0128. The third-order valence-electron chi connectivity index (χ3n) is 4.98. The van der Waals surface area contributed by atoms with Gasteiger partial charge in [0.05, 0.1) is 12.0 Å². The van der Waals surface area contributed by atoms with Crippen LogP contribution >= 0.6 is 0 Å². The van der Waals surface area contributed by atoms with Crippen molar-refractivity contribution < 1.29 is 9.53 Å². The molecule has 0 N–H and O–H groups in total. The molecule has 0 aromatic rings. The van der Waals surface area contributed by atoms with Gasteiger partial charge in [-0.2, -0.15) is 0 Å². The molecule has 4 unspecified atom stereocenters. The lowest BCUT2D eigenvalue weighted by atomic mass is 9.76. The van der Waals surface area contributed by atoms with Crippen molar-refractivity contribution in [3.63, 3.8) is 0 Å². The quantitative estimate of drug-likeness (QED) is 0.373. The van der Waals surface area contributed by atoms with Gasteiger partial charge in [0.2, 0.25) is 0 Å². The first-order valence-electron chi connectivity index (χ1n) is 10.8. The van der Waals surface area contributed by atoms with Gasteiger partial charge in [-0.25, -0.2) is 0 Å². The fourth-order valence-electron chi connectivity index (χ4n) is 4.35. The Morgan fingerprint density at radius 2 is 1.31 bits per heavy atom. The van der Waals surface area contributed by atoms with Gasteiger partial charge in [0.1, 0.15) is 0 Å². The maximum Gasteiger partial charge on any atom is 0.309 e. The van der Waals surface area contributed by atoms with Gasteiger partial charge in [-0.3, -0.25) is 4.79 Å². The zero-order valence-corrected chi connectivity index (χ0v) is 19.7. The lowest BCUT2D eigenvalue weighted by Gasteiger charge is -2.31. The van der Waals surface area contributed by atoms with Gasteiger partial charge < -0.3 is 4.74 Å². The molecule has 0 aromatic heterocycles. The monoisotopic (exact) mass is 368 g/mol. The molecule has 4 atom stereocenters. The molecule has 0 aliphatic carbocycles. The summed E-state index contributed by atoms with van der Waals surface area (Å²) in [5.74, 6) is 1.59. The molecule has 0 fully saturated rings. The number of hydrogen-bond donors (Lipinski definition) is 0. The van der Waals surface area contributed by atoms with Crippen LogP contribution < -0.4 is 0 Å². The Morgan fingerprint density at radius 1 is 0.808 bits per heavy atom. The number of rotatable bonds is 10. The maximum absolute atomic E-state index is 12.9. The Labute approximate surface area is 164 Å². The Bertz CT molecular complexity index is 397. The topological polar surface area (TPSA) is 26.3 Å². The van der Waals surface area contributed by atoms with E-state index in [-0.39, 0.29) is 23.4 Å². The molecular formula is C24H48O2. The van der Waals surface area contributed by atoms with Crippen molar-refractivity contribution in [2.45, 2.75) is 114 Å². The summed E-state index contributed by atoms with van der Waals surface area (Å²) in [6, 6.07) is 0. The van der Waals surface area contributed by atoms with Crippen molar-refractivity contribution in [3.05, 3.63) is 0 Å². The number of carbonyl (C=O) groups is 1. The summed E-state index contributed by atoms with van der Waals surface area (Å²) in [6.45, 7) is 24.6. The van der Waals surface area contributed by atoms with Crippen molar-refractivity contribution in [2.75, 3.05) is 0 Å². The van der Waals surface area contributed by atoms with Crippen LogP contribution in [-0.4, -0.2) is 12.1 Å². The number of carbonyl (C=O) groups excluding carboxylic acids is 1. The minimum Gasteiger partial charge on any atom is -0.462 e. The van der Waals surface area contributed by atoms with Gasteiger partial charge >= 0.3 is 5.97 Å². The van der Waals surface area contributed by atoms with Crippen LogP contribution in [0.15, 0.2) is 0 Å². The predicted octanol–water partition coefficient (Wildman–Crippen LogP) is 7.51. The van der Waals surface area contributed by atoms with Crippen LogP contribution in [0.2, 0.25) is 0 Å². The van der Waals surface area contributed by atoms with E-state index in [4.69, 9.17) is 4.74 Å². The van der Waals surface area contributed by atoms with Crippen LogP contribution in [0.5, 0.6) is 0 Å². The summed E-state index contributed by atoms with van der Waals surface area (Å²) < 4.78 is 5.85. The third-order valence-corrected chi connectivity index (χ3v) is 4.98. The van der Waals surface area contributed by atoms with Crippen molar-refractivity contribution in [1.29, 1.82) is 0 Å². The second-order valence-electron chi connectivity index (χ2n) is 11.7. The Kier molecular flexibility index (Phi) is 10.5. The molecule has 0 heterocycles. The molecule has 0 bridgehead atoms. The molecule has 0 radical (unpaired) electrons. The van der Waals surface area contributed by atoms with Gasteiger partial charge in [-0.05, 0) is 67.6 Å². The zero-order chi connectivity index (χ0) is 20.7. The zero-order valence-electron chi connectivity index (χ0n) is 19.7. The molecule has 156 valence electrons. The Morgan fingerprint density at radius 3 is 1.73 bits per heavy atom. The first kappa shape index (κ1) is 25.5. The highest BCUT2D eigenvalue weighted by Crippen LogP contribution is 2.34. The van der Waals surface area contributed by atoms with E-state index < -0.39 is 0 Å². The van der Waals surface area contributed by atoms with Crippen LogP contribution in [-0.2, 0) is 9.53 Å². The molecule has 0 aliphatic rings. The van der Waals surface area contributed by atoms with E-state index in [1.165, 1.54) is 6.42 Å². The van der Waals surface area contributed by atoms with Crippen LogP contribution in [0.3, 0.4) is 0 Å². The van der Waals surface area contributed by atoms with Gasteiger partial charge in [0.25, 0.3) is 0 Å². The molecule has 0 saturated carbocycles. The molecule has 0 amide bonds. The van der Waals surface area contributed by atoms with E-state index in [9.17, 15) is 4.79 Å². The van der Waals surface area contributed by atoms with Gasteiger partial charge in [-0.15, -0.1) is 0 Å². The van der Waals surface area contributed by atoms with Crippen molar-refractivity contribution in [1.82, 2.24) is 0 Å². The SMILES string of the molecule is CC(C)CC(C)OC(=O)C(CCC(C)CC(C)(C)C)C(C)CC(C)(C)C. The molecule has 0 aliphatic heterocycles. The number of esters is 1. The van der Waals surface area contributed by atoms with E-state index in [2.05, 4.69) is 69.2 Å². The van der Waals surface area contributed by atoms with E-state index in [0.717, 1.165) is 25.7 Å². The smallest absolute Gasteiger partial charge is 0.309 e. The van der Waals surface area contributed by atoms with Crippen molar-refractivity contribution in [2.24, 2.45) is 34.5 Å². The molecule has 0 rings (SSSR count). The Hall–Kier alpha value is -0.530. The predicted molar refractivity (Wildman–Crippen MR) is 114 cm³/mol. The first-order chi connectivity index (χ1) is 11.6. The average Bonchev–Trinajstić information content (AvgIpc) is 2.32. The normalized spacial score (nSPS) is 17.7. The second-order valence-corrected chi connectivity index (χ2v) is 11.7. The van der Waals surface area contributed by atoms with E-state index in [1.54, 1.807) is 0 Å². The lowest BCUT2D eigenvalue weighted by Crippen LogP contribution is -2.30. The standard InChI is InChI=1S/C24H48O2/c1-17(2)14-20(5)26-22(25)21(19(4)16-24(9,10)11)13-12-18(3)15-23(6,7)8/h17-21H,12-16H2,1-11H3. The molecule has 0 saturated heterocycles. The van der Waals surface area contributed by atoms with Crippen molar-refractivity contribution in [3.8, 4) is 0 Å². The Balaban J connectivity index is 4.96. The van der Waals surface area contributed by atoms with Crippen LogP contribution in [0.25, 0.3) is 0 Å². The maximum atomic E-state index is 12.9. The second kappa shape index (κ2) is 10.7. The van der Waals surface area contributed by atoms with Crippen LogP contribution in [0, 0.1) is 34.5 Å².